The Morgan fingerprint density at radius 1 is 1.31 bits per heavy atom. The number of fused-ring (bicyclic) bond motifs is 1. The molecule has 0 unspecified atom stereocenters. The van der Waals surface area contributed by atoms with Gasteiger partial charge in [-0.2, -0.15) is 4.98 Å². The van der Waals surface area contributed by atoms with Gasteiger partial charge < -0.3 is 25.1 Å². The summed E-state index contributed by atoms with van der Waals surface area (Å²) in [5, 5.41) is 4.15. The molecule has 2 aromatic rings. The monoisotopic (exact) mass is 380 g/mol. The molecule has 0 radical (unpaired) electrons. The Balaban J connectivity index is 1.43. The van der Waals surface area contributed by atoms with Crippen molar-refractivity contribution in [3.63, 3.8) is 0 Å². The Kier molecular flexibility index (Phi) is 6.33. The minimum absolute atomic E-state index is 0.0268. The molecule has 26 heavy (non-hydrogen) atoms. The van der Waals surface area contributed by atoms with Crippen molar-refractivity contribution in [2.45, 2.75) is 25.4 Å². The molecule has 4 N–H and O–H groups in total. The summed E-state index contributed by atoms with van der Waals surface area (Å²) in [5.74, 6) is 1.40. The second-order valence-corrected chi connectivity index (χ2v) is 7.40. The lowest BCUT2D eigenvalue weighted by Gasteiger charge is -2.23. The predicted octanol–water partition coefficient (Wildman–Crippen LogP) is -0.0647. The van der Waals surface area contributed by atoms with Gasteiger partial charge >= 0.3 is 0 Å². The number of ether oxygens (including phenoxy) is 1. The van der Waals surface area contributed by atoms with Gasteiger partial charge in [-0.1, -0.05) is 11.8 Å². The average molecular weight is 380 g/mol. The molecule has 1 amide bonds. The van der Waals surface area contributed by atoms with E-state index in [4.69, 9.17) is 14.9 Å². The molecule has 1 saturated heterocycles. The fraction of sp³-hybridized carbons (Fsp3) is 0.588. The van der Waals surface area contributed by atoms with Crippen LogP contribution in [0.3, 0.4) is 0 Å². The summed E-state index contributed by atoms with van der Waals surface area (Å²) in [4.78, 5) is 22.2. The van der Waals surface area contributed by atoms with Crippen LogP contribution in [0, 0.1) is 13.8 Å². The number of nitrogens with two attached hydrogens (primary N) is 1. The van der Waals surface area contributed by atoms with Crippen molar-refractivity contribution in [2.24, 2.45) is 0 Å². The number of quaternary nitrogens is 1. The number of aryl methyl sites for hydroxylation is 2. The van der Waals surface area contributed by atoms with E-state index >= 15 is 0 Å². The van der Waals surface area contributed by atoms with E-state index in [1.165, 1.54) is 11.8 Å². The smallest absolute Gasteiger partial charge is 0.232 e. The highest BCUT2D eigenvalue weighted by atomic mass is 32.2. The molecule has 3 heterocycles. The lowest BCUT2D eigenvalue weighted by molar-refractivity contribution is -0.908. The molecule has 0 aliphatic carbocycles. The molecule has 8 nitrogen and oxygen atoms in total. The van der Waals surface area contributed by atoms with Crippen molar-refractivity contribution in [3.05, 3.63) is 11.3 Å². The minimum Gasteiger partial charge on any atom is -0.443 e. The van der Waals surface area contributed by atoms with Crippen LogP contribution in [0.25, 0.3) is 11.1 Å². The number of rotatable bonds is 7. The van der Waals surface area contributed by atoms with Gasteiger partial charge in [-0.25, -0.2) is 4.98 Å². The Morgan fingerprint density at radius 2 is 2.08 bits per heavy atom. The summed E-state index contributed by atoms with van der Waals surface area (Å²) >= 11 is 1.26. The van der Waals surface area contributed by atoms with E-state index in [0.29, 0.717) is 23.2 Å². The summed E-state index contributed by atoms with van der Waals surface area (Å²) in [7, 11) is 0. The molecule has 1 aliphatic rings. The van der Waals surface area contributed by atoms with E-state index in [9.17, 15) is 4.79 Å². The van der Waals surface area contributed by atoms with Crippen molar-refractivity contribution >= 4 is 34.6 Å². The first-order chi connectivity index (χ1) is 12.5. The first-order valence-electron chi connectivity index (χ1n) is 8.88. The topological polar surface area (TPSA) is 108 Å². The quantitative estimate of drug-likeness (QED) is 0.351. The highest BCUT2D eigenvalue weighted by Crippen LogP contribution is 2.29. The predicted molar refractivity (Wildman–Crippen MR) is 100 cm³/mol. The average Bonchev–Trinajstić information content (AvgIpc) is 2.92. The van der Waals surface area contributed by atoms with Crippen molar-refractivity contribution in [1.82, 2.24) is 15.3 Å². The van der Waals surface area contributed by atoms with Crippen LogP contribution < -0.4 is 16.0 Å². The Hall–Kier alpha value is -1.84. The second-order valence-electron chi connectivity index (χ2n) is 6.46. The highest BCUT2D eigenvalue weighted by Gasteiger charge is 2.16. The van der Waals surface area contributed by atoms with Gasteiger partial charge in [0.1, 0.15) is 24.7 Å². The van der Waals surface area contributed by atoms with E-state index < -0.39 is 0 Å². The number of nitrogen functional groups attached to an aromatic ring is 1. The number of hydrogen-bond acceptors (Lipinski definition) is 7. The lowest BCUT2D eigenvalue weighted by atomic mass is 10.2. The molecule has 1 aliphatic heterocycles. The van der Waals surface area contributed by atoms with Gasteiger partial charge in [0, 0.05) is 18.5 Å². The minimum atomic E-state index is -0.0268. The zero-order valence-corrected chi connectivity index (χ0v) is 16.1. The van der Waals surface area contributed by atoms with E-state index in [-0.39, 0.29) is 11.7 Å². The van der Waals surface area contributed by atoms with Crippen LogP contribution in [0.1, 0.15) is 17.7 Å². The first kappa shape index (κ1) is 18.9. The van der Waals surface area contributed by atoms with Gasteiger partial charge in [0.25, 0.3) is 0 Å². The fourth-order valence-electron chi connectivity index (χ4n) is 2.98. The number of nitrogens with one attached hydrogen (secondary N) is 2. The molecule has 142 valence electrons. The lowest BCUT2D eigenvalue weighted by Crippen LogP contribution is -3.14. The number of carbonyl (C=O) groups excluding carboxylic acids is 1. The third-order valence-electron chi connectivity index (χ3n) is 4.60. The normalized spacial score (nSPS) is 15.5. The Morgan fingerprint density at radius 3 is 2.85 bits per heavy atom. The van der Waals surface area contributed by atoms with Crippen LogP contribution in [0.2, 0.25) is 0 Å². The number of thioether (sulfide) groups is 1. The largest absolute Gasteiger partial charge is 0.443 e. The SMILES string of the molecule is Cc1oc2nc(SCC(=O)NCCC[NH+]3CCOCC3)nc(N)c2c1C. The van der Waals surface area contributed by atoms with Crippen LogP contribution in [-0.4, -0.2) is 61.0 Å². The van der Waals surface area contributed by atoms with Crippen LogP contribution in [-0.2, 0) is 9.53 Å². The standard InChI is InChI=1S/C17H25N5O3S/c1-11-12(2)25-16-14(11)15(18)20-17(21-16)26-10-13(23)19-4-3-5-22-6-8-24-9-7-22/h3-10H2,1-2H3,(H,19,23)(H2,18,20,21)/p+1. The summed E-state index contributed by atoms with van der Waals surface area (Å²) in [6.07, 6.45) is 0.964. The molecule has 0 aromatic carbocycles. The van der Waals surface area contributed by atoms with Crippen molar-refractivity contribution < 1.29 is 18.8 Å². The first-order valence-corrected chi connectivity index (χ1v) is 9.87. The maximum atomic E-state index is 12.0. The highest BCUT2D eigenvalue weighted by molar-refractivity contribution is 7.99. The summed E-state index contributed by atoms with van der Waals surface area (Å²) in [6, 6.07) is 0. The van der Waals surface area contributed by atoms with Crippen LogP contribution >= 0.6 is 11.8 Å². The van der Waals surface area contributed by atoms with Gasteiger partial charge in [0.2, 0.25) is 11.6 Å². The maximum absolute atomic E-state index is 12.0. The van der Waals surface area contributed by atoms with Crippen molar-refractivity contribution in [2.75, 3.05) is 50.9 Å². The maximum Gasteiger partial charge on any atom is 0.232 e. The summed E-state index contributed by atoms with van der Waals surface area (Å²) < 4.78 is 10.9. The molecule has 9 heteroatoms. The molecule has 0 atom stereocenters. The van der Waals surface area contributed by atoms with Crippen LogP contribution in [0.5, 0.6) is 0 Å². The molecule has 3 rings (SSSR count). The van der Waals surface area contributed by atoms with Gasteiger partial charge in [0.05, 0.1) is 30.9 Å². The molecule has 0 bridgehead atoms. The zero-order chi connectivity index (χ0) is 18.5. The van der Waals surface area contributed by atoms with E-state index in [1.807, 2.05) is 13.8 Å². The molecule has 1 fully saturated rings. The summed E-state index contributed by atoms with van der Waals surface area (Å²) in [5.41, 5.74) is 7.44. The number of furan rings is 1. The third-order valence-corrected chi connectivity index (χ3v) is 5.44. The van der Waals surface area contributed by atoms with Crippen LogP contribution in [0.15, 0.2) is 9.57 Å². The van der Waals surface area contributed by atoms with Crippen molar-refractivity contribution in [3.8, 4) is 0 Å². The molecule has 0 saturated carbocycles. The number of carbonyl (C=O) groups is 1. The van der Waals surface area contributed by atoms with Gasteiger partial charge in [-0.05, 0) is 13.8 Å². The number of nitrogens with zero attached hydrogens (tertiary/aromatic N) is 2. The Bertz CT molecular complexity index is 773. The van der Waals surface area contributed by atoms with Gasteiger partial charge in [-0.15, -0.1) is 0 Å². The van der Waals surface area contributed by atoms with E-state index in [1.54, 1.807) is 4.90 Å². The van der Waals surface area contributed by atoms with Gasteiger partial charge in [0.15, 0.2) is 5.16 Å². The summed E-state index contributed by atoms with van der Waals surface area (Å²) in [6.45, 7) is 9.32. The van der Waals surface area contributed by atoms with E-state index in [0.717, 1.165) is 56.0 Å². The number of amides is 1. The van der Waals surface area contributed by atoms with Gasteiger partial charge in [-0.3, -0.25) is 4.79 Å². The molecular weight excluding hydrogens is 354 g/mol. The Labute approximate surface area is 156 Å². The molecule has 2 aromatic heterocycles. The van der Waals surface area contributed by atoms with Crippen molar-refractivity contribution in [1.29, 1.82) is 0 Å². The fourth-order valence-corrected chi connectivity index (χ4v) is 3.65. The third kappa shape index (κ3) is 4.66. The number of anilines is 1. The number of hydrogen-bond donors (Lipinski definition) is 3. The molecule has 0 spiro atoms. The molecular formula is C17H26N5O3S+. The zero-order valence-electron chi connectivity index (χ0n) is 15.3. The number of aromatic nitrogens is 2. The number of morpholine rings is 1. The second kappa shape index (κ2) is 8.70. The van der Waals surface area contributed by atoms with Crippen LogP contribution in [0.4, 0.5) is 5.82 Å². The van der Waals surface area contributed by atoms with E-state index in [2.05, 4.69) is 15.3 Å².